The van der Waals surface area contributed by atoms with Gasteiger partial charge in [-0.2, -0.15) is 0 Å². The van der Waals surface area contributed by atoms with Crippen LogP contribution in [0.3, 0.4) is 0 Å². The summed E-state index contributed by atoms with van der Waals surface area (Å²) >= 11 is 1.52. The van der Waals surface area contributed by atoms with E-state index in [0.717, 1.165) is 44.1 Å². The predicted octanol–water partition coefficient (Wildman–Crippen LogP) is 3.87. The second-order valence-electron chi connectivity index (χ2n) is 6.34. The molecule has 1 fully saturated rings. The molecule has 0 bridgehead atoms. The first-order chi connectivity index (χ1) is 11.2. The highest BCUT2D eigenvalue weighted by atomic mass is 32.1. The van der Waals surface area contributed by atoms with E-state index in [0.29, 0.717) is 10.6 Å². The molecule has 1 heterocycles. The summed E-state index contributed by atoms with van der Waals surface area (Å²) in [7, 11) is 1.39. The maximum Gasteiger partial charge on any atom is 0.341 e. The molecule has 0 atom stereocenters. The first-order valence-corrected chi connectivity index (χ1v) is 9.31. The zero-order chi connectivity index (χ0) is 16.2. The molecule has 0 radical (unpaired) electrons. The highest BCUT2D eigenvalue weighted by Gasteiger charge is 2.27. The van der Waals surface area contributed by atoms with E-state index in [-0.39, 0.29) is 18.0 Å². The summed E-state index contributed by atoms with van der Waals surface area (Å²) in [6, 6.07) is 0.0422. The standard InChI is InChI=1S/C17H24N2O3S/c1-22-16(20)14-12-9-5-6-10-13(12)23-15(14)19-17(21)18-11-7-3-2-4-8-11/h11H,2-10H2,1H3,(H2,18,19,21). The van der Waals surface area contributed by atoms with Crippen molar-refractivity contribution in [3.05, 3.63) is 16.0 Å². The lowest BCUT2D eigenvalue weighted by atomic mass is 9.95. The number of methoxy groups -OCH3 is 1. The van der Waals surface area contributed by atoms with Crippen LogP contribution in [0.2, 0.25) is 0 Å². The molecule has 1 aromatic heterocycles. The van der Waals surface area contributed by atoms with Crippen molar-refractivity contribution in [1.29, 1.82) is 0 Å². The predicted molar refractivity (Wildman–Crippen MR) is 91.3 cm³/mol. The number of carbonyl (C=O) groups excluding carboxylic acids is 2. The molecule has 2 N–H and O–H groups in total. The number of urea groups is 1. The van der Waals surface area contributed by atoms with E-state index in [1.807, 2.05) is 0 Å². The normalized spacial score (nSPS) is 18.1. The Morgan fingerprint density at radius 1 is 1.09 bits per heavy atom. The number of hydrogen-bond donors (Lipinski definition) is 2. The van der Waals surface area contributed by atoms with E-state index in [2.05, 4.69) is 10.6 Å². The summed E-state index contributed by atoms with van der Waals surface area (Å²) in [6.07, 6.45) is 9.78. The van der Waals surface area contributed by atoms with Gasteiger partial charge in [0.25, 0.3) is 0 Å². The van der Waals surface area contributed by atoms with Crippen molar-refractivity contribution < 1.29 is 14.3 Å². The van der Waals surface area contributed by atoms with E-state index in [4.69, 9.17) is 4.74 Å². The van der Waals surface area contributed by atoms with Crippen molar-refractivity contribution in [1.82, 2.24) is 5.32 Å². The van der Waals surface area contributed by atoms with Crippen LogP contribution in [0.1, 0.15) is 65.7 Å². The number of thiophene rings is 1. The average molecular weight is 336 g/mol. The summed E-state index contributed by atoms with van der Waals surface area (Å²) in [6.45, 7) is 0. The van der Waals surface area contributed by atoms with Gasteiger partial charge in [0.15, 0.2) is 0 Å². The molecule has 2 aliphatic carbocycles. The lowest BCUT2D eigenvalue weighted by Gasteiger charge is -2.22. The Labute approximate surface area is 140 Å². The van der Waals surface area contributed by atoms with Gasteiger partial charge in [-0.3, -0.25) is 5.32 Å². The molecule has 2 amide bonds. The molecule has 23 heavy (non-hydrogen) atoms. The van der Waals surface area contributed by atoms with E-state index in [1.165, 1.54) is 42.6 Å². The van der Waals surface area contributed by atoms with Crippen LogP contribution in [-0.4, -0.2) is 25.2 Å². The van der Waals surface area contributed by atoms with Crippen LogP contribution < -0.4 is 10.6 Å². The van der Waals surface area contributed by atoms with Crippen LogP contribution in [0, 0.1) is 0 Å². The molecule has 6 heteroatoms. The molecule has 0 aromatic carbocycles. The lowest BCUT2D eigenvalue weighted by molar-refractivity contribution is 0.0601. The molecule has 1 saturated carbocycles. The Hall–Kier alpha value is -1.56. The van der Waals surface area contributed by atoms with Crippen molar-refractivity contribution >= 4 is 28.3 Å². The zero-order valence-electron chi connectivity index (χ0n) is 13.6. The Morgan fingerprint density at radius 2 is 1.83 bits per heavy atom. The number of rotatable bonds is 3. The van der Waals surface area contributed by atoms with Crippen molar-refractivity contribution in [2.24, 2.45) is 0 Å². The fourth-order valence-electron chi connectivity index (χ4n) is 3.54. The maximum atomic E-state index is 12.3. The minimum atomic E-state index is -0.350. The fraction of sp³-hybridized carbons (Fsp3) is 0.647. The third-order valence-corrected chi connectivity index (χ3v) is 5.94. The number of ether oxygens (including phenoxy) is 1. The average Bonchev–Trinajstić information content (AvgIpc) is 2.92. The molecule has 0 saturated heterocycles. The van der Waals surface area contributed by atoms with Gasteiger partial charge in [0.1, 0.15) is 5.00 Å². The van der Waals surface area contributed by atoms with E-state index >= 15 is 0 Å². The first kappa shape index (κ1) is 16.3. The van der Waals surface area contributed by atoms with Gasteiger partial charge in [-0.25, -0.2) is 9.59 Å². The Balaban J connectivity index is 1.74. The third-order valence-electron chi connectivity index (χ3n) is 4.73. The Kier molecular flexibility index (Phi) is 5.20. The largest absolute Gasteiger partial charge is 0.465 e. The van der Waals surface area contributed by atoms with Gasteiger partial charge in [-0.15, -0.1) is 11.3 Å². The van der Waals surface area contributed by atoms with Gasteiger partial charge in [-0.05, 0) is 44.1 Å². The summed E-state index contributed by atoms with van der Waals surface area (Å²) < 4.78 is 4.93. The molecule has 0 unspecified atom stereocenters. The van der Waals surface area contributed by atoms with Crippen molar-refractivity contribution in [2.75, 3.05) is 12.4 Å². The molecule has 0 spiro atoms. The Bertz CT molecular complexity index is 591. The van der Waals surface area contributed by atoms with E-state index in [9.17, 15) is 9.59 Å². The molecule has 3 rings (SSSR count). The van der Waals surface area contributed by atoms with Crippen molar-refractivity contribution in [3.63, 3.8) is 0 Å². The van der Waals surface area contributed by atoms with Gasteiger partial charge in [0.2, 0.25) is 0 Å². The van der Waals surface area contributed by atoms with Crippen molar-refractivity contribution in [3.8, 4) is 0 Å². The first-order valence-electron chi connectivity index (χ1n) is 8.49. The van der Waals surface area contributed by atoms with E-state index in [1.54, 1.807) is 0 Å². The smallest absolute Gasteiger partial charge is 0.341 e. The number of hydrogen-bond acceptors (Lipinski definition) is 4. The molecule has 5 nitrogen and oxygen atoms in total. The third kappa shape index (κ3) is 3.68. The van der Waals surface area contributed by atoms with Crippen LogP contribution in [-0.2, 0) is 17.6 Å². The summed E-state index contributed by atoms with van der Waals surface area (Å²) in [4.78, 5) is 25.7. The lowest BCUT2D eigenvalue weighted by Crippen LogP contribution is -2.39. The molecule has 1 aromatic rings. The second kappa shape index (κ2) is 7.34. The monoisotopic (exact) mass is 336 g/mol. The van der Waals surface area contributed by atoms with Crippen LogP contribution in [0.5, 0.6) is 0 Å². The van der Waals surface area contributed by atoms with Gasteiger partial charge < -0.3 is 10.1 Å². The number of nitrogens with one attached hydrogen (secondary N) is 2. The minimum Gasteiger partial charge on any atom is -0.465 e. The van der Waals surface area contributed by atoms with Gasteiger partial charge >= 0.3 is 12.0 Å². The zero-order valence-corrected chi connectivity index (χ0v) is 14.4. The second-order valence-corrected chi connectivity index (χ2v) is 7.45. The van der Waals surface area contributed by atoms with Gasteiger partial charge in [-0.1, -0.05) is 19.3 Å². The van der Waals surface area contributed by atoms with Gasteiger partial charge in [0.05, 0.1) is 12.7 Å². The van der Waals surface area contributed by atoms with E-state index < -0.39 is 0 Å². The number of aryl methyl sites for hydroxylation is 1. The highest BCUT2D eigenvalue weighted by Crippen LogP contribution is 2.38. The number of esters is 1. The molecular weight excluding hydrogens is 312 g/mol. The van der Waals surface area contributed by atoms with Crippen LogP contribution in [0.25, 0.3) is 0 Å². The number of carbonyl (C=O) groups is 2. The summed E-state index contributed by atoms with van der Waals surface area (Å²) in [5.41, 5.74) is 1.63. The summed E-state index contributed by atoms with van der Waals surface area (Å²) in [5, 5.41) is 6.57. The Morgan fingerprint density at radius 3 is 2.57 bits per heavy atom. The van der Waals surface area contributed by atoms with Crippen LogP contribution in [0.15, 0.2) is 0 Å². The van der Waals surface area contributed by atoms with Crippen molar-refractivity contribution in [2.45, 2.75) is 63.8 Å². The quantitative estimate of drug-likeness (QED) is 0.824. The number of anilines is 1. The molecule has 2 aliphatic rings. The highest BCUT2D eigenvalue weighted by molar-refractivity contribution is 7.17. The van der Waals surface area contributed by atoms with Crippen LogP contribution >= 0.6 is 11.3 Å². The SMILES string of the molecule is COC(=O)c1c(NC(=O)NC2CCCCC2)sc2c1CCCC2. The topological polar surface area (TPSA) is 67.4 Å². The molecular formula is C17H24N2O3S. The summed E-state index contributed by atoms with van der Waals surface area (Å²) in [5.74, 6) is -0.350. The molecule has 126 valence electrons. The molecule has 0 aliphatic heterocycles. The number of fused-ring (bicyclic) bond motifs is 1. The fourth-order valence-corrected chi connectivity index (χ4v) is 4.82. The minimum absolute atomic E-state index is 0.208. The maximum absolute atomic E-state index is 12.3. The number of amides is 2. The van der Waals surface area contributed by atoms with Gasteiger partial charge in [0, 0.05) is 10.9 Å². The van der Waals surface area contributed by atoms with Crippen LogP contribution in [0.4, 0.5) is 9.80 Å².